The van der Waals surface area contributed by atoms with Crippen LogP contribution >= 0.6 is 15.9 Å². The van der Waals surface area contributed by atoms with Crippen molar-refractivity contribution in [2.24, 2.45) is 10.2 Å². The summed E-state index contributed by atoms with van der Waals surface area (Å²) in [6.45, 7) is 5.32. The molecule has 15 heteroatoms. The fourth-order valence-electron chi connectivity index (χ4n) is 3.09. The Balaban J connectivity index is 2.63. The molecule has 192 valence electrons. The highest BCUT2D eigenvalue weighted by atomic mass is 79.9. The van der Waals surface area contributed by atoms with E-state index in [1.165, 1.54) is 26.2 Å². The van der Waals surface area contributed by atoms with Crippen LogP contribution < -0.4 is 15.0 Å². The third kappa shape index (κ3) is 6.94. The van der Waals surface area contributed by atoms with E-state index < -0.39 is 33.1 Å². The number of ether oxygens (including phenoxy) is 2. The number of hydrogen-bond acceptors (Lipinski definition) is 11. The largest absolute Gasteiger partial charge is 0.494 e. The Bertz CT molecular complexity index is 1220. The molecule has 2 rings (SSSR count). The standard InChI is InChI=1S/C21H23BrN6O8/c1-5-26(11-20(30)36-6-2)17-9-15(23-12(3)29)16(10-19(17)35-4)24-25-21-14(22)7-13(27(31)32)8-18(21)28(33)34/h7-10H,5-6,11H2,1-4H3,(H,23,29). The Morgan fingerprint density at radius 3 is 2.33 bits per heavy atom. The number of halogens is 1. The number of benzene rings is 2. The van der Waals surface area contributed by atoms with E-state index in [1.54, 1.807) is 11.8 Å². The van der Waals surface area contributed by atoms with Crippen molar-refractivity contribution in [3.63, 3.8) is 0 Å². The first kappa shape index (κ1) is 28.1. The summed E-state index contributed by atoms with van der Waals surface area (Å²) < 4.78 is 10.4. The molecule has 2 aromatic rings. The van der Waals surface area contributed by atoms with E-state index in [0.717, 1.165) is 12.1 Å². The van der Waals surface area contributed by atoms with Gasteiger partial charge in [0, 0.05) is 25.6 Å². The van der Waals surface area contributed by atoms with Crippen molar-refractivity contribution < 1.29 is 28.9 Å². The monoisotopic (exact) mass is 566 g/mol. The van der Waals surface area contributed by atoms with Gasteiger partial charge in [0.15, 0.2) is 5.69 Å². The number of hydrogen-bond donors (Lipinski definition) is 1. The minimum atomic E-state index is -0.820. The number of anilines is 2. The smallest absolute Gasteiger partial charge is 0.325 e. The van der Waals surface area contributed by atoms with E-state index in [-0.39, 0.29) is 40.4 Å². The van der Waals surface area contributed by atoms with Gasteiger partial charge in [-0.25, -0.2) is 0 Å². The number of carbonyl (C=O) groups excluding carboxylic acids is 2. The topological polar surface area (TPSA) is 179 Å². The maximum Gasteiger partial charge on any atom is 0.325 e. The first-order valence-corrected chi connectivity index (χ1v) is 11.3. The fraction of sp³-hybridized carbons (Fsp3) is 0.333. The molecule has 0 aliphatic rings. The molecule has 0 aliphatic heterocycles. The number of likely N-dealkylation sites (N-methyl/N-ethyl adjacent to an activating group) is 1. The van der Waals surface area contributed by atoms with Crippen LogP contribution in [0, 0.1) is 20.2 Å². The molecule has 2 aromatic carbocycles. The molecule has 0 bridgehead atoms. The number of nitrogens with zero attached hydrogens (tertiary/aromatic N) is 5. The number of nitrogens with one attached hydrogen (secondary N) is 1. The van der Waals surface area contributed by atoms with E-state index in [0.29, 0.717) is 12.2 Å². The van der Waals surface area contributed by atoms with Crippen molar-refractivity contribution >= 4 is 61.9 Å². The molecule has 0 spiro atoms. The summed E-state index contributed by atoms with van der Waals surface area (Å²) >= 11 is 3.06. The van der Waals surface area contributed by atoms with E-state index in [4.69, 9.17) is 9.47 Å². The number of non-ortho nitro benzene ring substituents is 1. The van der Waals surface area contributed by atoms with E-state index >= 15 is 0 Å². The summed E-state index contributed by atoms with van der Waals surface area (Å²) in [5.74, 6) is -0.610. The maximum atomic E-state index is 12.0. The molecule has 14 nitrogen and oxygen atoms in total. The van der Waals surface area contributed by atoms with Crippen molar-refractivity contribution in [2.45, 2.75) is 20.8 Å². The second kappa shape index (κ2) is 12.5. The Morgan fingerprint density at radius 2 is 1.81 bits per heavy atom. The van der Waals surface area contributed by atoms with Gasteiger partial charge >= 0.3 is 11.7 Å². The van der Waals surface area contributed by atoms with Gasteiger partial charge in [0.05, 0.1) is 45.5 Å². The molecular weight excluding hydrogens is 544 g/mol. The number of azo groups is 1. The third-order valence-electron chi connectivity index (χ3n) is 4.65. The van der Waals surface area contributed by atoms with Crippen molar-refractivity contribution in [3.8, 4) is 5.75 Å². The van der Waals surface area contributed by atoms with Crippen LogP contribution in [-0.4, -0.2) is 48.5 Å². The summed E-state index contributed by atoms with van der Waals surface area (Å²) in [6.07, 6.45) is 0. The lowest BCUT2D eigenvalue weighted by Crippen LogP contribution is -2.31. The highest BCUT2D eigenvalue weighted by molar-refractivity contribution is 9.10. The highest BCUT2D eigenvalue weighted by Gasteiger charge is 2.24. The lowest BCUT2D eigenvalue weighted by molar-refractivity contribution is -0.393. The molecule has 0 aromatic heterocycles. The lowest BCUT2D eigenvalue weighted by Gasteiger charge is -2.25. The number of nitro groups is 2. The van der Waals surface area contributed by atoms with Gasteiger partial charge in [-0.15, -0.1) is 10.2 Å². The second-order valence-electron chi connectivity index (χ2n) is 7.05. The lowest BCUT2D eigenvalue weighted by atomic mass is 10.2. The zero-order chi connectivity index (χ0) is 27.0. The molecule has 0 aliphatic carbocycles. The van der Waals surface area contributed by atoms with Gasteiger partial charge in [-0.05, 0) is 35.8 Å². The molecule has 0 atom stereocenters. The van der Waals surface area contributed by atoms with Crippen molar-refractivity contribution in [3.05, 3.63) is 49.0 Å². The van der Waals surface area contributed by atoms with Crippen LogP contribution in [0.1, 0.15) is 20.8 Å². The Kier molecular flexibility index (Phi) is 9.78. The van der Waals surface area contributed by atoms with Gasteiger partial charge in [-0.2, -0.15) is 0 Å². The number of esters is 1. The zero-order valence-corrected chi connectivity index (χ0v) is 21.4. The Hall–Kier alpha value is -4.14. The summed E-state index contributed by atoms with van der Waals surface area (Å²) in [5.41, 5.74) is -0.685. The number of amides is 1. The van der Waals surface area contributed by atoms with Crippen molar-refractivity contribution in [2.75, 3.05) is 37.0 Å². The van der Waals surface area contributed by atoms with Gasteiger partial charge < -0.3 is 19.7 Å². The van der Waals surface area contributed by atoms with Crippen LogP contribution in [0.2, 0.25) is 0 Å². The molecule has 36 heavy (non-hydrogen) atoms. The number of rotatable bonds is 11. The first-order valence-electron chi connectivity index (χ1n) is 10.5. The highest BCUT2D eigenvalue weighted by Crippen LogP contribution is 2.42. The Labute approximate surface area is 213 Å². The summed E-state index contributed by atoms with van der Waals surface area (Å²) in [6, 6.07) is 4.79. The molecule has 0 fully saturated rings. The SMILES string of the molecule is CCOC(=O)CN(CC)c1cc(NC(C)=O)c(N=Nc2c(Br)cc([N+](=O)[O-])cc2[N+](=O)[O-])cc1OC. The summed E-state index contributed by atoms with van der Waals surface area (Å²) in [4.78, 5) is 46.5. The van der Waals surface area contributed by atoms with Crippen LogP contribution in [0.3, 0.4) is 0 Å². The molecular formula is C21H23BrN6O8. The van der Waals surface area contributed by atoms with Gasteiger partial charge in [0.1, 0.15) is 18.0 Å². The van der Waals surface area contributed by atoms with Crippen LogP contribution in [-0.2, 0) is 14.3 Å². The second-order valence-corrected chi connectivity index (χ2v) is 7.91. The maximum absolute atomic E-state index is 12.0. The molecule has 0 heterocycles. The minimum absolute atomic E-state index is 0.0246. The number of carbonyl (C=O) groups is 2. The minimum Gasteiger partial charge on any atom is -0.494 e. The van der Waals surface area contributed by atoms with Gasteiger partial charge in [-0.3, -0.25) is 29.8 Å². The summed E-state index contributed by atoms with van der Waals surface area (Å²) in [5, 5.41) is 33.2. The van der Waals surface area contributed by atoms with Gasteiger partial charge in [0.25, 0.3) is 5.69 Å². The van der Waals surface area contributed by atoms with Crippen LogP contribution in [0.25, 0.3) is 0 Å². The predicted molar refractivity (Wildman–Crippen MR) is 133 cm³/mol. The molecule has 1 N–H and O–H groups in total. The van der Waals surface area contributed by atoms with Crippen LogP contribution in [0.4, 0.5) is 34.1 Å². The first-order chi connectivity index (χ1) is 17.0. The van der Waals surface area contributed by atoms with Crippen molar-refractivity contribution in [1.82, 2.24) is 0 Å². The number of methoxy groups -OCH3 is 1. The van der Waals surface area contributed by atoms with Gasteiger partial charge in [-0.1, -0.05) is 0 Å². The van der Waals surface area contributed by atoms with Crippen LogP contribution in [0.15, 0.2) is 39.0 Å². The Morgan fingerprint density at radius 1 is 1.11 bits per heavy atom. The third-order valence-corrected chi connectivity index (χ3v) is 5.25. The molecule has 0 saturated carbocycles. The summed E-state index contributed by atoms with van der Waals surface area (Å²) in [7, 11) is 1.40. The predicted octanol–water partition coefficient (Wildman–Crippen LogP) is 5.04. The molecule has 0 unspecified atom stereocenters. The van der Waals surface area contributed by atoms with E-state index in [2.05, 4.69) is 31.5 Å². The zero-order valence-electron chi connectivity index (χ0n) is 19.8. The normalized spacial score (nSPS) is 10.7. The van der Waals surface area contributed by atoms with E-state index in [1.807, 2.05) is 6.92 Å². The molecule has 0 saturated heterocycles. The quantitative estimate of drug-likeness (QED) is 0.169. The number of nitro benzene ring substituents is 2. The molecule has 0 radical (unpaired) electrons. The molecule has 1 amide bonds. The average Bonchev–Trinajstić information content (AvgIpc) is 2.81. The fourth-order valence-corrected chi connectivity index (χ4v) is 3.61. The van der Waals surface area contributed by atoms with Crippen LogP contribution in [0.5, 0.6) is 5.75 Å². The van der Waals surface area contributed by atoms with Gasteiger partial charge in [0.2, 0.25) is 5.91 Å². The van der Waals surface area contributed by atoms with Crippen molar-refractivity contribution in [1.29, 1.82) is 0 Å². The van der Waals surface area contributed by atoms with E-state index in [9.17, 15) is 29.8 Å². The average molecular weight is 567 g/mol.